The Morgan fingerprint density at radius 2 is 1.70 bits per heavy atom. The van der Waals surface area contributed by atoms with E-state index in [-0.39, 0.29) is 17.3 Å². The summed E-state index contributed by atoms with van der Waals surface area (Å²) in [6.45, 7) is 4.93. The first-order valence-corrected chi connectivity index (χ1v) is 10.6. The number of Topliss-reactive ketones (excluding diaryl/α,β-unsaturated/α-hetero) is 1. The van der Waals surface area contributed by atoms with Crippen LogP contribution in [0.15, 0.2) is 35.3 Å². The summed E-state index contributed by atoms with van der Waals surface area (Å²) in [7, 11) is 1.47. The zero-order valence-corrected chi connectivity index (χ0v) is 17.4. The molecular formula is C23H37NO3. The van der Waals surface area contributed by atoms with E-state index in [9.17, 15) is 9.59 Å². The first-order chi connectivity index (χ1) is 13.2. The summed E-state index contributed by atoms with van der Waals surface area (Å²) in [5.41, 5.74) is 0.958. The van der Waals surface area contributed by atoms with Crippen LogP contribution in [0.1, 0.15) is 84.5 Å². The van der Waals surface area contributed by atoms with E-state index in [1.807, 2.05) is 13.0 Å². The lowest BCUT2D eigenvalue weighted by Crippen LogP contribution is -2.29. The van der Waals surface area contributed by atoms with Crippen LogP contribution >= 0.6 is 0 Å². The molecule has 0 amide bonds. The fraction of sp³-hybridized carbons (Fsp3) is 0.652. The smallest absolute Gasteiger partial charge is 0.222 e. The highest BCUT2D eigenvalue weighted by atomic mass is 16.5. The van der Waals surface area contributed by atoms with Crippen LogP contribution in [0.4, 0.5) is 0 Å². The predicted molar refractivity (Wildman–Crippen MR) is 111 cm³/mol. The van der Waals surface area contributed by atoms with Crippen molar-refractivity contribution in [3.05, 3.63) is 35.3 Å². The molecule has 4 nitrogen and oxygen atoms in total. The van der Waals surface area contributed by atoms with Gasteiger partial charge in [-0.3, -0.25) is 9.59 Å². The molecule has 0 heterocycles. The van der Waals surface area contributed by atoms with Crippen molar-refractivity contribution >= 4 is 11.6 Å². The van der Waals surface area contributed by atoms with E-state index in [0.29, 0.717) is 24.2 Å². The van der Waals surface area contributed by atoms with Gasteiger partial charge in [0.15, 0.2) is 5.76 Å². The van der Waals surface area contributed by atoms with Crippen molar-refractivity contribution in [2.75, 3.05) is 13.7 Å². The average Bonchev–Trinajstić information content (AvgIpc) is 2.66. The fourth-order valence-electron chi connectivity index (χ4n) is 3.29. The maximum absolute atomic E-state index is 12.8. The lowest BCUT2D eigenvalue weighted by atomic mass is 9.93. The number of carbonyl (C=O) groups excluding carboxylic acids is 2. The predicted octanol–water partition coefficient (Wildman–Crippen LogP) is 5.40. The number of carbonyl (C=O) groups is 2. The third kappa shape index (κ3) is 8.59. The molecular weight excluding hydrogens is 338 g/mol. The Hall–Kier alpha value is -1.84. The van der Waals surface area contributed by atoms with Crippen LogP contribution in [0.25, 0.3) is 0 Å². The molecule has 0 radical (unpaired) electrons. The second-order valence-electron chi connectivity index (χ2n) is 7.13. The minimum atomic E-state index is -0.202. The van der Waals surface area contributed by atoms with E-state index >= 15 is 0 Å². The number of methoxy groups -OCH3 is 1. The number of rotatable bonds is 15. The monoisotopic (exact) mass is 375 g/mol. The lowest BCUT2D eigenvalue weighted by molar-refractivity contribution is -0.118. The average molecular weight is 376 g/mol. The van der Waals surface area contributed by atoms with Crippen molar-refractivity contribution < 1.29 is 14.3 Å². The van der Waals surface area contributed by atoms with Gasteiger partial charge in [0.1, 0.15) is 0 Å². The molecule has 0 spiro atoms. The molecule has 0 atom stereocenters. The second-order valence-corrected chi connectivity index (χ2v) is 7.13. The Morgan fingerprint density at radius 3 is 2.37 bits per heavy atom. The molecule has 1 N–H and O–H groups in total. The van der Waals surface area contributed by atoms with Crippen LogP contribution in [0, 0.1) is 0 Å². The Kier molecular flexibility index (Phi) is 12.2. The maximum atomic E-state index is 12.8. The highest BCUT2D eigenvalue weighted by Gasteiger charge is 2.28. The lowest BCUT2D eigenvalue weighted by Gasteiger charge is -2.19. The maximum Gasteiger partial charge on any atom is 0.222 e. The Balaban J connectivity index is 2.49. The van der Waals surface area contributed by atoms with Crippen LogP contribution in [0.5, 0.6) is 0 Å². The third-order valence-corrected chi connectivity index (χ3v) is 4.88. The number of ketones is 2. The molecule has 0 saturated heterocycles. The number of hydrogen-bond donors (Lipinski definition) is 1. The number of allylic oxidation sites excluding steroid dienone is 4. The van der Waals surface area contributed by atoms with E-state index in [1.54, 1.807) is 0 Å². The summed E-state index contributed by atoms with van der Waals surface area (Å²) in [6.07, 6.45) is 17.5. The molecule has 0 unspecified atom stereocenters. The quantitative estimate of drug-likeness (QED) is 0.236. The second kappa shape index (κ2) is 14.2. The van der Waals surface area contributed by atoms with Crippen molar-refractivity contribution in [3.8, 4) is 0 Å². The Labute approximate surface area is 165 Å². The van der Waals surface area contributed by atoms with Gasteiger partial charge in [-0.25, -0.2) is 0 Å². The van der Waals surface area contributed by atoms with Crippen molar-refractivity contribution in [1.82, 2.24) is 5.32 Å². The topological polar surface area (TPSA) is 55.4 Å². The molecule has 0 saturated carbocycles. The molecule has 1 aliphatic rings. The largest absolute Gasteiger partial charge is 0.492 e. The van der Waals surface area contributed by atoms with Crippen molar-refractivity contribution in [2.24, 2.45) is 0 Å². The SMILES string of the molecule is C/C=C\CCCCNC1=CC(=O)C(OC)=C(CCCCCCCCC)C1=O. The van der Waals surface area contributed by atoms with Gasteiger partial charge in [0.05, 0.1) is 12.8 Å². The van der Waals surface area contributed by atoms with Gasteiger partial charge in [0, 0.05) is 18.2 Å². The first-order valence-electron chi connectivity index (χ1n) is 10.6. The highest BCUT2D eigenvalue weighted by Crippen LogP contribution is 2.24. The van der Waals surface area contributed by atoms with Gasteiger partial charge in [0.2, 0.25) is 11.6 Å². The van der Waals surface area contributed by atoms with Gasteiger partial charge < -0.3 is 10.1 Å². The molecule has 0 aliphatic heterocycles. The van der Waals surface area contributed by atoms with Gasteiger partial charge in [-0.1, -0.05) is 57.6 Å². The van der Waals surface area contributed by atoms with Crippen LogP contribution in [-0.2, 0) is 14.3 Å². The standard InChI is InChI=1S/C23H37NO3/c1-4-6-8-10-11-12-14-16-19-22(26)20(18-21(25)23(19)27-3)24-17-15-13-9-7-5-2/h5,7,18,24H,4,6,8-17H2,1-3H3/b7-5-. The summed E-state index contributed by atoms with van der Waals surface area (Å²) in [6, 6.07) is 0. The molecule has 0 aromatic carbocycles. The molecule has 0 bridgehead atoms. The molecule has 27 heavy (non-hydrogen) atoms. The molecule has 0 aromatic heterocycles. The van der Waals surface area contributed by atoms with Crippen LogP contribution in [0.3, 0.4) is 0 Å². The summed E-state index contributed by atoms with van der Waals surface area (Å²) in [4.78, 5) is 25.1. The number of ether oxygens (including phenoxy) is 1. The number of unbranched alkanes of at least 4 members (excludes halogenated alkanes) is 8. The summed E-state index contributed by atoms with van der Waals surface area (Å²) >= 11 is 0. The van der Waals surface area contributed by atoms with Crippen LogP contribution in [-0.4, -0.2) is 25.2 Å². The fourth-order valence-corrected chi connectivity index (χ4v) is 3.29. The Morgan fingerprint density at radius 1 is 1.00 bits per heavy atom. The first kappa shape index (κ1) is 23.2. The molecule has 1 rings (SSSR count). The van der Waals surface area contributed by atoms with Crippen molar-refractivity contribution in [3.63, 3.8) is 0 Å². The molecule has 0 fully saturated rings. The number of nitrogens with one attached hydrogen (secondary N) is 1. The minimum absolute atomic E-state index is 0.0779. The van der Waals surface area contributed by atoms with E-state index in [1.165, 1.54) is 45.3 Å². The molecule has 1 aliphatic carbocycles. The van der Waals surface area contributed by atoms with Crippen molar-refractivity contribution in [2.45, 2.75) is 84.5 Å². The minimum Gasteiger partial charge on any atom is -0.492 e. The molecule has 0 aromatic rings. The normalized spacial score (nSPS) is 14.9. The summed E-state index contributed by atoms with van der Waals surface area (Å²) in [5, 5.41) is 3.15. The van der Waals surface area contributed by atoms with Gasteiger partial charge in [0.25, 0.3) is 0 Å². The zero-order valence-electron chi connectivity index (χ0n) is 17.4. The van der Waals surface area contributed by atoms with Crippen molar-refractivity contribution in [1.29, 1.82) is 0 Å². The summed E-state index contributed by atoms with van der Waals surface area (Å²) in [5.74, 6) is -0.0537. The van der Waals surface area contributed by atoms with E-state index in [2.05, 4.69) is 18.3 Å². The molecule has 4 heteroatoms. The van der Waals surface area contributed by atoms with Crippen LogP contribution in [0.2, 0.25) is 0 Å². The van der Waals surface area contributed by atoms with E-state index in [0.717, 1.165) is 32.1 Å². The van der Waals surface area contributed by atoms with E-state index in [4.69, 9.17) is 4.74 Å². The zero-order chi connectivity index (χ0) is 19.9. The number of hydrogen-bond acceptors (Lipinski definition) is 4. The van der Waals surface area contributed by atoms with Crippen LogP contribution < -0.4 is 5.32 Å². The van der Waals surface area contributed by atoms with Gasteiger partial charge in [-0.2, -0.15) is 0 Å². The summed E-state index contributed by atoms with van der Waals surface area (Å²) < 4.78 is 5.24. The van der Waals surface area contributed by atoms with Gasteiger partial charge in [-0.15, -0.1) is 0 Å². The Bertz CT molecular complexity index is 558. The molecule has 152 valence electrons. The van der Waals surface area contributed by atoms with Gasteiger partial charge in [-0.05, 0) is 39.0 Å². The third-order valence-electron chi connectivity index (χ3n) is 4.88. The van der Waals surface area contributed by atoms with Gasteiger partial charge >= 0.3 is 0 Å². The van der Waals surface area contributed by atoms with E-state index < -0.39 is 0 Å². The highest BCUT2D eigenvalue weighted by molar-refractivity contribution is 6.21.